The number of aliphatic carboxylic acids is 1. The molecule has 3 fully saturated rings. The van der Waals surface area contributed by atoms with Gasteiger partial charge in [0, 0.05) is 89.6 Å². The van der Waals surface area contributed by atoms with Gasteiger partial charge in [-0.2, -0.15) is 0 Å². The highest BCUT2D eigenvalue weighted by molar-refractivity contribution is 6.34. The molecule has 4 heterocycles. The molecule has 1 atom stereocenters. The molecule has 4 amide bonds. The van der Waals surface area contributed by atoms with Crippen molar-refractivity contribution in [2.45, 2.75) is 70.1 Å². The number of amides is 4. The van der Waals surface area contributed by atoms with E-state index in [0.29, 0.717) is 69.2 Å². The first-order valence-corrected chi connectivity index (χ1v) is 18.4. The van der Waals surface area contributed by atoms with Gasteiger partial charge in [-0.25, -0.2) is 9.59 Å². The van der Waals surface area contributed by atoms with Crippen molar-refractivity contribution in [1.29, 1.82) is 0 Å². The number of benzene rings is 2. The number of fused-ring (bicyclic) bond motifs is 1. The summed E-state index contributed by atoms with van der Waals surface area (Å²) in [4.78, 5) is 61.8. The normalized spacial score (nSPS) is 20.3. The molecule has 2 aromatic rings. The van der Waals surface area contributed by atoms with Gasteiger partial charge < -0.3 is 39.9 Å². The maximum atomic E-state index is 14.1. The molecule has 51 heavy (non-hydrogen) atoms. The summed E-state index contributed by atoms with van der Waals surface area (Å²) in [5, 5.41) is 22.4. The molecular weight excluding hydrogens is 651 g/mol. The third kappa shape index (κ3) is 8.96. The fraction of sp³-hybridized carbons (Fsp3) is 0.568. The average Bonchev–Trinajstić information content (AvgIpc) is 3.30. The Morgan fingerprint density at radius 2 is 1.59 bits per heavy atom. The van der Waals surface area contributed by atoms with Gasteiger partial charge in [-0.3, -0.25) is 14.5 Å². The van der Waals surface area contributed by atoms with E-state index in [9.17, 15) is 24.3 Å². The van der Waals surface area contributed by atoms with Crippen LogP contribution in [-0.4, -0.2) is 150 Å². The van der Waals surface area contributed by atoms with Gasteiger partial charge in [-0.15, -0.1) is 0 Å². The molecule has 14 heteroatoms. The molecule has 4 aliphatic rings. The number of phenolic OH excluding ortho intramolecular Hbond substituents is 1. The van der Waals surface area contributed by atoms with Crippen LogP contribution in [-0.2, 0) is 27.2 Å². The van der Waals surface area contributed by atoms with Crippen molar-refractivity contribution in [3.05, 3.63) is 53.1 Å². The first kappa shape index (κ1) is 36.5. The van der Waals surface area contributed by atoms with Crippen molar-refractivity contribution >= 4 is 43.0 Å². The van der Waals surface area contributed by atoms with Crippen molar-refractivity contribution < 1.29 is 34.1 Å². The Labute approximate surface area is 300 Å². The fourth-order valence-corrected chi connectivity index (χ4v) is 8.11. The predicted octanol–water partition coefficient (Wildman–Crippen LogP) is 1.64. The molecule has 0 unspecified atom stereocenters. The molecule has 6 rings (SSSR count). The molecule has 0 aromatic heterocycles. The number of carbonyl (C=O) groups excluding carboxylic acids is 3. The number of phenols is 1. The number of carbonyl (C=O) groups is 4. The summed E-state index contributed by atoms with van der Waals surface area (Å²) in [6.45, 7) is 8.42. The number of para-hydroxylation sites is 1. The van der Waals surface area contributed by atoms with Crippen LogP contribution < -0.4 is 10.8 Å². The number of nitrogens with zero attached hydrogens (tertiary/aromatic N) is 5. The van der Waals surface area contributed by atoms with Crippen LogP contribution >= 0.6 is 0 Å². The van der Waals surface area contributed by atoms with Crippen molar-refractivity contribution in [2.75, 3.05) is 70.8 Å². The minimum absolute atomic E-state index is 0.00208. The van der Waals surface area contributed by atoms with Crippen LogP contribution in [0.25, 0.3) is 0 Å². The molecule has 0 radical (unpaired) electrons. The summed E-state index contributed by atoms with van der Waals surface area (Å²) in [5.74, 6) is -0.767. The number of ether oxygens (including phenoxy) is 1. The zero-order valence-corrected chi connectivity index (χ0v) is 29.9. The molecule has 13 nitrogen and oxygen atoms in total. The van der Waals surface area contributed by atoms with Gasteiger partial charge in [-0.05, 0) is 67.2 Å². The summed E-state index contributed by atoms with van der Waals surface area (Å²) in [6.07, 6.45) is 2.47. The molecule has 4 aliphatic heterocycles. The third-order valence-corrected chi connectivity index (χ3v) is 11.1. The number of hydrogen-bond acceptors (Lipinski definition) is 8. The number of aryl methyl sites for hydroxylation is 1. The number of carboxylic acids is 1. The Kier molecular flexibility index (Phi) is 11.7. The zero-order chi connectivity index (χ0) is 36.1. The highest BCUT2D eigenvalue weighted by Gasteiger charge is 2.36. The molecule has 0 aliphatic carbocycles. The second-order valence-electron chi connectivity index (χ2n) is 14.5. The Hall–Kier alpha value is -4.30. The van der Waals surface area contributed by atoms with E-state index in [2.05, 4.69) is 15.1 Å². The molecule has 0 spiro atoms. The van der Waals surface area contributed by atoms with Crippen LogP contribution in [0.3, 0.4) is 0 Å². The molecule has 3 N–H and O–H groups in total. The number of aromatic hydroxyl groups is 1. The van der Waals surface area contributed by atoms with Gasteiger partial charge in [-0.1, -0.05) is 30.3 Å². The largest absolute Gasteiger partial charge is 0.508 e. The molecule has 3 saturated heterocycles. The lowest BCUT2D eigenvalue weighted by molar-refractivity contribution is -0.143. The fourth-order valence-electron chi connectivity index (χ4n) is 8.11. The Morgan fingerprint density at radius 3 is 2.27 bits per heavy atom. The highest BCUT2D eigenvalue weighted by atomic mass is 16.6. The number of piperidine rings is 2. The molecule has 0 saturated carbocycles. The predicted molar refractivity (Wildman–Crippen MR) is 195 cm³/mol. The number of anilines is 1. The lowest BCUT2D eigenvalue weighted by atomic mass is 9.89. The molecule has 274 valence electrons. The van der Waals surface area contributed by atoms with Gasteiger partial charge in [0.05, 0.1) is 6.42 Å². The number of urea groups is 1. The van der Waals surface area contributed by atoms with Gasteiger partial charge in [0.2, 0.25) is 0 Å². The molecule has 2 aromatic carbocycles. The van der Waals surface area contributed by atoms with Crippen molar-refractivity contribution in [1.82, 2.24) is 24.5 Å². The zero-order valence-electron chi connectivity index (χ0n) is 29.9. The maximum Gasteiger partial charge on any atom is 0.410 e. The Morgan fingerprint density at radius 1 is 0.922 bits per heavy atom. The van der Waals surface area contributed by atoms with Crippen molar-refractivity contribution in [2.24, 2.45) is 0 Å². The molecule has 0 bridgehead atoms. The van der Waals surface area contributed by atoms with E-state index in [4.69, 9.17) is 9.84 Å². The number of nitrogens with one attached hydrogen (secondary N) is 1. The first-order chi connectivity index (χ1) is 24.5. The minimum Gasteiger partial charge on any atom is -0.508 e. The van der Waals surface area contributed by atoms with E-state index >= 15 is 0 Å². The summed E-state index contributed by atoms with van der Waals surface area (Å²) < 4.78 is 6.06. The van der Waals surface area contributed by atoms with E-state index < -0.39 is 18.2 Å². The summed E-state index contributed by atoms with van der Waals surface area (Å²) in [6, 6.07) is 11.8. The summed E-state index contributed by atoms with van der Waals surface area (Å²) in [5.41, 5.74) is 4.18. The topological polar surface area (TPSA) is 146 Å². The van der Waals surface area contributed by atoms with Gasteiger partial charge in [0.25, 0.3) is 5.91 Å². The average molecular weight is 703 g/mol. The first-order valence-electron chi connectivity index (χ1n) is 18.4. The number of carboxylic acid groups (broad SMARTS) is 1. The van der Waals surface area contributed by atoms with Gasteiger partial charge in [0.15, 0.2) is 6.10 Å². The molecular formula is C37H51BN6O7. The van der Waals surface area contributed by atoms with Crippen LogP contribution in [0, 0.1) is 6.92 Å². The van der Waals surface area contributed by atoms with E-state index in [1.54, 1.807) is 4.90 Å². The monoisotopic (exact) mass is 702 g/mol. The van der Waals surface area contributed by atoms with Crippen LogP contribution in [0.4, 0.5) is 15.3 Å². The second-order valence-corrected chi connectivity index (χ2v) is 14.5. The van der Waals surface area contributed by atoms with Crippen LogP contribution in [0.5, 0.6) is 5.75 Å². The maximum absolute atomic E-state index is 14.1. The van der Waals surface area contributed by atoms with Crippen molar-refractivity contribution in [3.8, 4) is 5.75 Å². The Balaban J connectivity index is 1.05. The second kappa shape index (κ2) is 16.4. The number of hydrogen-bond donors (Lipinski definition) is 3. The van der Waals surface area contributed by atoms with E-state index in [-0.39, 0.29) is 36.6 Å². The smallest absolute Gasteiger partial charge is 0.410 e. The highest BCUT2D eigenvalue weighted by Crippen LogP contribution is 2.26. The Bertz CT molecular complexity index is 1560. The minimum atomic E-state index is -1.01. The lowest BCUT2D eigenvalue weighted by Gasteiger charge is -2.43. The van der Waals surface area contributed by atoms with E-state index in [0.717, 1.165) is 62.3 Å². The number of rotatable bonds is 9. The van der Waals surface area contributed by atoms with Crippen LogP contribution in [0.2, 0.25) is 0 Å². The van der Waals surface area contributed by atoms with Gasteiger partial charge >= 0.3 is 18.1 Å². The van der Waals surface area contributed by atoms with E-state index in [1.165, 1.54) is 0 Å². The van der Waals surface area contributed by atoms with Crippen LogP contribution in [0.1, 0.15) is 48.8 Å². The summed E-state index contributed by atoms with van der Waals surface area (Å²) >= 11 is 0. The quantitative estimate of drug-likeness (QED) is 0.332. The van der Waals surface area contributed by atoms with Crippen LogP contribution in [0.15, 0.2) is 36.4 Å². The lowest BCUT2D eigenvalue weighted by Crippen LogP contribution is -2.55. The SMILES string of the molecule is Bc1cc(C[C@@H](OC(=O)N2CCC(N3CCc4ccccc4NC3=O)CC2)C(=O)N2CCC(N3CCN(CCC(=O)O)CC3)CC2)cc(C)c1O. The van der Waals surface area contributed by atoms with Crippen molar-refractivity contribution in [3.63, 3.8) is 0 Å². The standard InChI is InChI=1S/C37H51BN6O7/c1-25-22-26(23-30(38)34(25)47)24-32(35(48)42-13-7-28(8-14-42)41-20-18-40(19-21-41)12-11-33(45)46)51-37(50)43-15-9-29(10-16-43)44-17-6-27-4-2-3-5-31(27)39-36(44)49/h2-5,22-23,28-29,32,47H,6-21,24,38H2,1H3,(H,39,49)(H,45,46)/t32-/m1/s1. The summed E-state index contributed by atoms with van der Waals surface area (Å²) in [7, 11) is 1.82. The number of piperazine rings is 1. The number of likely N-dealkylation sites (tertiary alicyclic amines) is 2. The van der Waals surface area contributed by atoms with Gasteiger partial charge in [0.1, 0.15) is 13.6 Å². The van der Waals surface area contributed by atoms with E-state index in [1.807, 2.05) is 61.0 Å². The third-order valence-electron chi connectivity index (χ3n) is 11.1.